The third-order valence-corrected chi connectivity index (χ3v) is 11.2. The Morgan fingerprint density at radius 2 is 1.27 bits per heavy atom. The summed E-state index contributed by atoms with van der Waals surface area (Å²) < 4.78 is 14.3. The number of hydrogen-bond acceptors (Lipinski definition) is 4. The third kappa shape index (κ3) is 3.63. The van der Waals surface area contributed by atoms with Crippen LogP contribution in [0.15, 0.2) is 167 Å². The molecule has 0 bridgehead atoms. The lowest BCUT2D eigenvalue weighted by molar-refractivity contribution is 0.611. The molecule has 6 heteroatoms. The van der Waals surface area contributed by atoms with E-state index in [1.807, 2.05) is 18.5 Å². The molecule has 0 aliphatic carbocycles. The molecule has 6 heterocycles. The Morgan fingerprint density at radius 1 is 0.519 bits per heavy atom. The highest BCUT2D eigenvalue weighted by atomic mass is 16.3. The summed E-state index contributed by atoms with van der Waals surface area (Å²) >= 11 is 0. The maximum Gasteiger partial charge on any atom is 0.243 e. The number of benzene rings is 6. The molecule has 0 spiro atoms. The van der Waals surface area contributed by atoms with E-state index in [1.165, 1.54) is 54.7 Å². The van der Waals surface area contributed by atoms with Crippen molar-refractivity contribution in [3.63, 3.8) is 0 Å². The summed E-state index contributed by atoms with van der Waals surface area (Å²) in [4.78, 5) is 10.2. The normalized spacial score (nSPS) is 12.6. The van der Waals surface area contributed by atoms with Gasteiger partial charge < -0.3 is 13.4 Å². The van der Waals surface area contributed by atoms with Crippen LogP contribution in [0.4, 0.5) is 0 Å². The lowest BCUT2D eigenvalue weighted by Gasteiger charge is -2.29. The van der Waals surface area contributed by atoms with Crippen molar-refractivity contribution in [1.82, 2.24) is 14.5 Å². The highest BCUT2D eigenvalue weighted by molar-refractivity contribution is 6.99. The van der Waals surface area contributed by atoms with Gasteiger partial charge >= 0.3 is 0 Å². The number of fused-ring (bicyclic) bond motifs is 9. The predicted molar refractivity (Wildman–Crippen MR) is 213 cm³/mol. The van der Waals surface area contributed by atoms with E-state index in [2.05, 4.69) is 132 Å². The van der Waals surface area contributed by atoms with Gasteiger partial charge in [0.2, 0.25) is 6.71 Å². The SMILES string of the molecule is c1ccc2c(c1)B(c1ccc(-n3c4ccccc4c4ccccc43)c3ncccc13)c1cccc3ncc(-c4cc5occc5c5occc45)c-2c13. The first-order valence-corrected chi connectivity index (χ1v) is 17.6. The second-order valence-electron chi connectivity index (χ2n) is 13.7. The molecule has 240 valence electrons. The van der Waals surface area contributed by atoms with Crippen molar-refractivity contribution in [2.45, 2.75) is 0 Å². The second-order valence-corrected chi connectivity index (χ2v) is 13.7. The number of hydrogen-bond donors (Lipinski definition) is 0. The Morgan fingerprint density at radius 3 is 2.15 bits per heavy atom. The van der Waals surface area contributed by atoms with Gasteiger partial charge in [0.1, 0.15) is 11.2 Å². The summed E-state index contributed by atoms with van der Waals surface area (Å²) in [7, 11) is 0. The van der Waals surface area contributed by atoms with Crippen molar-refractivity contribution in [2.24, 2.45) is 0 Å². The summed E-state index contributed by atoms with van der Waals surface area (Å²) in [6.07, 6.45) is 7.42. The smallest absolute Gasteiger partial charge is 0.243 e. The zero-order chi connectivity index (χ0) is 33.9. The fraction of sp³-hybridized carbons (Fsp3) is 0. The Bertz CT molecular complexity index is 3230. The Labute approximate surface area is 297 Å². The van der Waals surface area contributed by atoms with E-state index in [4.69, 9.17) is 18.8 Å². The van der Waals surface area contributed by atoms with Crippen molar-refractivity contribution in [1.29, 1.82) is 0 Å². The number of para-hydroxylation sites is 2. The monoisotopic (exact) mass is 663 g/mol. The van der Waals surface area contributed by atoms with Gasteiger partial charge in [-0.1, -0.05) is 101 Å². The number of nitrogens with zero attached hydrogens (tertiary/aromatic N) is 3. The van der Waals surface area contributed by atoms with Crippen molar-refractivity contribution in [3.8, 4) is 27.9 Å². The van der Waals surface area contributed by atoms with Gasteiger partial charge in [-0.3, -0.25) is 9.97 Å². The van der Waals surface area contributed by atoms with Crippen LogP contribution in [-0.2, 0) is 0 Å². The van der Waals surface area contributed by atoms with Crippen LogP contribution in [0, 0.1) is 0 Å². The average molecular weight is 664 g/mol. The van der Waals surface area contributed by atoms with Crippen LogP contribution < -0.4 is 16.4 Å². The molecule has 12 rings (SSSR count). The molecule has 5 nitrogen and oxygen atoms in total. The van der Waals surface area contributed by atoms with E-state index in [-0.39, 0.29) is 6.71 Å². The minimum atomic E-state index is -0.0372. The molecule has 11 aromatic rings. The van der Waals surface area contributed by atoms with E-state index < -0.39 is 0 Å². The molecule has 1 aliphatic heterocycles. The lowest BCUT2D eigenvalue weighted by atomic mass is 9.33. The highest BCUT2D eigenvalue weighted by Crippen LogP contribution is 2.43. The minimum absolute atomic E-state index is 0.0372. The summed E-state index contributed by atoms with van der Waals surface area (Å²) in [5.74, 6) is 0. The Balaban J connectivity index is 1.15. The number of pyridine rings is 2. The Kier molecular flexibility index (Phi) is 5.52. The van der Waals surface area contributed by atoms with Crippen LogP contribution in [0.25, 0.3) is 93.5 Å². The minimum Gasteiger partial charge on any atom is -0.464 e. The van der Waals surface area contributed by atoms with Crippen LogP contribution in [0.1, 0.15) is 0 Å². The first-order valence-electron chi connectivity index (χ1n) is 17.6. The molecule has 1 aliphatic rings. The molecule has 0 amide bonds. The van der Waals surface area contributed by atoms with Gasteiger partial charge in [0.05, 0.1) is 45.7 Å². The molecule has 0 N–H and O–H groups in total. The van der Waals surface area contributed by atoms with Crippen molar-refractivity contribution in [2.75, 3.05) is 0 Å². The van der Waals surface area contributed by atoms with Gasteiger partial charge in [-0.05, 0) is 70.6 Å². The average Bonchev–Trinajstić information content (AvgIpc) is 3.96. The molecule has 6 aromatic carbocycles. The third-order valence-electron chi connectivity index (χ3n) is 11.2. The van der Waals surface area contributed by atoms with Gasteiger partial charge in [0.15, 0.2) is 0 Å². The number of aromatic nitrogens is 3. The van der Waals surface area contributed by atoms with Crippen LogP contribution in [0.3, 0.4) is 0 Å². The molecule has 0 atom stereocenters. The fourth-order valence-corrected chi connectivity index (χ4v) is 9.05. The largest absolute Gasteiger partial charge is 0.464 e. The molecule has 0 saturated heterocycles. The van der Waals surface area contributed by atoms with Crippen molar-refractivity contribution in [3.05, 3.63) is 158 Å². The zero-order valence-electron chi connectivity index (χ0n) is 27.7. The molecular formula is C46H26BN3O2. The van der Waals surface area contributed by atoms with E-state index >= 15 is 0 Å². The van der Waals surface area contributed by atoms with Gasteiger partial charge in [0.25, 0.3) is 0 Å². The van der Waals surface area contributed by atoms with Gasteiger partial charge in [-0.15, -0.1) is 0 Å². The first kappa shape index (κ1) is 27.9. The highest BCUT2D eigenvalue weighted by Gasteiger charge is 2.35. The number of furan rings is 2. The van der Waals surface area contributed by atoms with Crippen LogP contribution in [-0.4, -0.2) is 21.2 Å². The lowest BCUT2D eigenvalue weighted by Crippen LogP contribution is -2.55. The van der Waals surface area contributed by atoms with E-state index in [9.17, 15) is 0 Å². The quantitative estimate of drug-likeness (QED) is 0.177. The topological polar surface area (TPSA) is 57.0 Å². The predicted octanol–water partition coefficient (Wildman–Crippen LogP) is 9.54. The van der Waals surface area contributed by atoms with Crippen LogP contribution in [0.5, 0.6) is 0 Å². The fourth-order valence-electron chi connectivity index (χ4n) is 9.05. The second kappa shape index (κ2) is 10.3. The number of rotatable bonds is 3. The van der Waals surface area contributed by atoms with E-state index in [1.54, 1.807) is 12.5 Å². The molecule has 5 aromatic heterocycles. The zero-order valence-corrected chi connectivity index (χ0v) is 27.7. The van der Waals surface area contributed by atoms with Crippen LogP contribution >= 0.6 is 0 Å². The molecule has 0 unspecified atom stereocenters. The molecule has 52 heavy (non-hydrogen) atoms. The summed E-state index contributed by atoms with van der Waals surface area (Å²) in [5.41, 5.74) is 15.2. The molecule has 0 fully saturated rings. The maximum atomic E-state index is 6.03. The van der Waals surface area contributed by atoms with Gasteiger partial charge in [-0.2, -0.15) is 0 Å². The van der Waals surface area contributed by atoms with Gasteiger partial charge in [0, 0.05) is 39.5 Å². The molecular weight excluding hydrogens is 637 g/mol. The van der Waals surface area contributed by atoms with E-state index in [0.717, 1.165) is 55.2 Å². The molecule has 0 radical (unpaired) electrons. The van der Waals surface area contributed by atoms with Gasteiger partial charge in [-0.25, -0.2) is 0 Å². The molecule has 0 saturated carbocycles. The summed E-state index contributed by atoms with van der Waals surface area (Å²) in [6.45, 7) is -0.0372. The first-order chi connectivity index (χ1) is 25.8. The van der Waals surface area contributed by atoms with Crippen LogP contribution in [0.2, 0.25) is 0 Å². The van der Waals surface area contributed by atoms with Crippen molar-refractivity contribution >= 4 is 88.7 Å². The van der Waals surface area contributed by atoms with Crippen molar-refractivity contribution < 1.29 is 8.83 Å². The Hall–Kier alpha value is -6.92. The van der Waals surface area contributed by atoms with E-state index in [0.29, 0.717) is 0 Å². The summed E-state index contributed by atoms with van der Waals surface area (Å²) in [5, 5.41) is 6.78. The maximum absolute atomic E-state index is 6.03. The standard InChI is InChI=1S/C46H26BN3O2/c1-4-13-35-30(11-1)43-34(33-25-42-32(21-23-51-42)46-29(33)20-24-52-46)26-49-38-15-7-14-37(44(38)43)47(35)36-18-19-41(45-31(36)12-8-22-48-45)50-39-16-5-2-9-27(39)28-10-3-6-17-40(28)50/h1-26H. The summed E-state index contributed by atoms with van der Waals surface area (Å²) in [6, 6.07) is 47.8.